The van der Waals surface area contributed by atoms with Crippen LogP contribution in [0.1, 0.15) is 43.7 Å². The number of Topliss-reactive ketones (excluding diaryl/α,β-unsaturated/α-hetero) is 1. The Labute approximate surface area is 168 Å². The van der Waals surface area contributed by atoms with Crippen molar-refractivity contribution in [3.05, 3.63) is 89.2 Å². The first-order chi connectivity index (χ1) is 14.0. The average molecular weight is 385 g/mol. The van der Waals surface area contributed by atoms with Crippen molar-refractivity contribution < 1.29 is 14.4 Å². The molecular weight excluding hydrogens is 366 g/mol. The summed E-state index contributed by atoms with van der Waals surface area (Å²) in [5, 5.41) is 2.77. The summed E-state index contributed by atoms with van der Waals surface area (Å²) in [6.45, 7) is 2.08. The van der Waals surface area contributed by atoms with Crippen molar-refractivity contribution in [3.8, 4) is 0 Å². The number of benzene rings is 2. The van der Waals surface area contributed by atoms with Gasteiger partial charge in [0.2, 0.25) is 0 Å². The number of para-hydroxylation sites is 1. The minimum absolute atomic E-state index is 0.0383. The molecule has 0 radical (unpaired) electrons. The number of hydrogen-bond acceptors (Lipinski definition) is 4. The molecule has 6 heteroatoms. The number of pyridine rings is 1. The average Bonchev–Trinajstić information content (AvgIpc) is 3.18. The van der Waals surface area contributed by atoms with E-state index >= 15 is 0 Å². The summed E-state index contributed by atoms with van der Waals surface area (Å²) in [6.07, 6.45) is 2.27. The molecular formula is C23H19N3O3. The highest BCUT2D eigenvalue weighted by atomic mass is 16.2. The Bertz CT molecular complexity index is 1110. The molecule has 0 saturated heterocycles. The molecule has 6 nitrogen and oxygen atoms in total. The highest BCUT2D eigenvalue weighted by Crippen LogP contribution is 2.28. The SMILES string of the molecule is CC(=O)c1ccc(NC(=O)c2ccnc(C(=O)N3CCc4ccccc43)c2)cc1. The fourth-order valence-corrected chi connectivity index (χ4v) is 3.37. The van der Waals surface area contributed by atoms with E-state index in [1.54, 1.807) is 35.2 Å². The van der Waals surface area contributed by atoms with Gasteiger partial charge in [0, 0.05) is 35.2 Å². The lowest BCUT2D eigenvalue weighted by molar-refractivity contribution is 0.0982. The summed E-state index contributed by atoms with van der Waals surface area (Å²) in [7, 11) is 0. The Hall–Kier alpha value is -3.80. The third-order valence-electron chi connectivity index (χ3n) is 4.92. The second-order valence-corrected chi connectivity index (χ2v) is 6.85. The molecule has 1 N–H and O–H groups in total. The number of nitrogens with one attached hydrogen (secondary N) is 1. The molecule has 0 atom stereocenters. The lowest BCUT2D eigenvalue weighted by atomic mass is 10.1. The third kappa shape index (κ3) is 3.78. The predicted molar refractivity (Wildman–Crippen MR) is 110 cm³/mol. The normalized spacial score (nSPS) is 12.4. The Morgan fingerprint density at radius 3 is 2.48 bits per heavy atom. The Morgan fingerprint density at radius 1 is 0.966 bits per heavy atom. The largest absolute Gasteiger partial charge is 0.322 e. The molecule has 2 amide bonds. The minimum atomic E-state index is -0.348. The Kier molecular flexibility index (Phi) is 4.91. The van der Waals surface area contributed by atoms with Crippen LogP contribution in [0.2, 0.25) is 0 Å². The molecule has 2 heterocycles. The van der Waals surface area contributed by atoms with Gasteiger partial charge in [-0.05, 0) is 61.4 Å². The maximum Gasteiger partial charge on any atom is 0.276 e. The van der Waals surface area contributed by atoms with Crippen molar-refractivity contribution in [1.82, 2.24) is 4.98 Å². The fourth-order valence-electron chi connectivity index (χ4n) is 3.37. The molecule has 1 aliphatic heterocycles. The van der Waals surface area contributed by atoms with Crippen LogP contribution in [0, 0.1) is 0 Å². The molecule has 0 saturated carbocycles. The number of anilines is 2. The van der Waals surface area contributed by atoms with Gasteiger partial charge in [-0.3, -0.25) is 19.4 Å². The van der Waals surface area contributed by atoms with Crippen molar-refractivity contribution in [2.75, 3.05) is 16.8 Å². The third-order valence-corrected chi connectivity index (χ3v) is 4.92. The van der Waals surface area contributed by atoms with Gasteiger partial charge in [0.1, 0.15) is 5.69 Å². The highest BCUT2D eigenvalue weighted by molar-refractivity contribution is 6.09. The quantitative estimate of drug-likeness (QED) is 0.694. The number of aromatic nitrogens is 1. The van der Waals surface area contributed by atoms with Crippen LogP contribution >= 0.6 is 0 Å². The van der Waals surface area contributed by atoms with Gasteiger partial charge in [-0.1, -0.05) is 18.2 Å². The molecule has 4 rings (SSSR count). The van der Waals surface area contributed by atoms with Gasteiger partial charge < -0.3 is 10.2 Å². The summed E-state index contributed by atoms with van der Waals surface area (Å²) in [5.41, 5.74) is 3.72. The molecule has 2 aromatic carbocycles. The second kappa shape index (κ2) is 7.67. The Morgan fingerprint density at radius 2 is 1.72 bits per heavy atom. The number of nitrogens with zero attached hydrogens (tertiary/aromatic N) is 2. The molecule has 3 aromatic rings. The standard InChI is InChI=1S/C23H19N3O3/c1-15(27)16-6-8-19(9-7-16)25-22(28)18-10-12-24-20(14-18)23(29)26-13-11-17-4-2-3-5-21(17)26/h2-10,12,14H,11,13H2,1H3,(H,25,28). The van der Waals surface area contributed by atoms with Crippen LogP contribution in [0.4, 0.5) is 11.4 Å². The summed E-state index contributed by atoms with van der Waals surface area (Å²) >= 11 is 0. The number of carbonyl (C=O) groups is 3. The molecule has 29 heavy (non-hydrogen) atoms. The van der Waals surface area contributed by atoms with Crippen LogP contribution in [0.25, 0.3) is 0 Å². The second-order valence-electron chi connectivity index (χ2n) is 6.85. The van der Waals surface area contributed by atoms with Gasteiger partial charge in [-0.15, -0.1) is 0 Å². The maximum absolute atomic E-state index is 12.9. The molecule has 0 bridgehead atoms. The van der Waals surface area contributed by atoms with E-state index in [2.05, 4.69) is 10.3 Å². The molecule has 0 fully saturated rings. The number of fused-ring (bicyclic) bond motifs is 1. The van der Waals surface area contributed by atoms with Gasteiger partial charge in [0.05, 0.1) is 0 Å². The summed E-state index contributed by atoms with van der Waals surface area (Å²) in [6, 6.07) is 17.5. The minimum Gasteiger partial charge on any atom is -0.322 e. The lowest BCUT2D eigenvalue weighted by Gasteiger charge is -2.17. The van der Waals surface area contributed by atoms with Crippen LogP contribution in [-0.2, 0) is 6.42 Å². The zero-order valence-corrected chi connectivity index (χ0v) is 15.9. The van der Waals surface area contributed by atoms with Crippen molar-refractivity contribution in [1.29, 1.82) is 0 Å². The number of ketones is 1. The van der Waals surface area contributed by atoms with Gasteiger partial charge >= 0.3 is 0 Å². The van der Waals surface area contributed by atoms with E-state index in [9.17, 15) is 14.4 Å². The number of rotatable bonds is 4. The van der Waals surface area contributed by atoms with E-state index in [1.165, 1.54) is 19.2 Å². The zero-order valence-electron chi connectivity index (χ0n) is 15.9. The zero-order chi connectivity index (χ0) is 20.4. The van der Waals surface area contributed by atoms with Gasteiger partial charge in [0.25, 0.3) is 11.8 Å². The molecule has 0 aliphatic carbocycles. The van der Waals surface area contributed by atoms with Crippen molar-refractivity contribution in [2.45, 2.75) is 13.3 Å². The van der Waals surface area contributed by atoms with E-state index in [-0.39, 0.29) is 23.3 Å². The first-order valence-electron chi connectivity index (χ1n) is 9.31. The van der Waals surface area contributed by atoms with E-state index in [1.807, 2.05) is 24.3 Å². The molecule has 144 valence electrons. The maximum atomic E-state index is 12.9. The topological polar surface area (TPSA) is 79.4 Å². The first-order valence-corrected chi connectivity index (χ1v) is 9.31. The van der Waals surface area contributed by atoms with E-state index in [4.69, 9.17) is 0 Å². The van der Waals surface area contributed by atoms with Gasteiger partial charge in [0.15, 0.2) is 5.78 Å². The Balaban J connectivity index is 1.52. The molecule has 0 spiro atoms. The summed E-state index contributed by atoms with van der Waals surface area (Å²) in [4.78, 5) is 42.8. The lowest BCUT2D eigenvalue weighted by Crippen LogP contribution is -2.30. The number of hydrogen-bond donors (Lipinski definition) is 1. The smallest absolute Gasteiger partial charge is 0.276 e. The molecule has 1 aliphatic rings. The number of amides is 2. The highest BCUT2D eigenvalue weighted by Gasteiger charge is 2.26. The molecule has 0 unspecified atom stereocenters. The van der Waals surface area contributed by atoms with Gasteiger partial charge in [-0.25, -0.2) is 0 Å². The van der Waals surface area contributed by atoms with Crippen LogP contribution in [0.5, 0.6) is 0 Å². The van der Waals surface area contributed by atoms with Gasteiger partial charge in [-0.2, -0.15) is 0 Å². The van der Waals surface area contributed by atoms with Crippen LogP contribution in [-0.4, -0.2) is 29.1 Å². The van der Waals surface area contributed by atoms with Crippen LogP contribution < -0.4 is 10.2 Å². The summed E-state index contributed by atoms with van der Waals surface area (Å²) < 4.78 is 0. The molecule has 1 aromatic heterocycles. The van der Waals surface area contributed by atoms with Crippen molar-refractivity contribution in [3.63, 3.8) is 0 Å². The van der Waals surface area contributed by atoms with Crippen molar-refractivity contribution >= 4 is 29.0 Å². The first kappa shape index (κ1) is 18.6. The monoisotopic (exact) mass is 385 g/mol. The predicted octanol–water partition coefficient (Wildman–Crippen LogP) is 3.74. The van der Waals surface area contributed by atoms with Crippen LogP contribution in [0.15, 0.2) is 66.9 Å². The fraction of sp³-hybridized carbons (Fsp3) is 0.130. The number of carbonyl (C=O) groups excluding carboxylic acids is 3. The van der Waals surface area contributed by atoms with E-state index < -0.39 is 0 Å². The van der Waals surface area contributed by atoms with Crippen molar-refractivity contribution in [2.24, 2.45) is 0 Å². The van der Waals surface area contributed by atoms with E-state index in [0.29, 0.717) is 23.4 Å². The summed E-state index contributed by atoms with van der Waals surface area (Å²) in [5.74, 6) is -0.613. The van der Waals surface area contributed by atoms with E-state index in [0.717, 1.165) is 17.7 Å². The van der Waals surface area contributed by atoms with Crippen LogP contribution in [0.3, 0.4) is 0 Å².